The Hall–Kier alpha value is -0.190. The molecule has 1 aliphatic carbocycles. The summed E-state index contributed by atoms with van der Waals surface area (Å²) in [6.45, 7) is 5.59. The molecule has 1 unspecified atom stereocenters. The fourth-order valence-electron chi connectivity index (χ4n) is 3.02. The van der Waals surface area contributed by atoms with Crippen molar-refractivity contribution in [3.05, 3.63) is 0 Å². The van der Waals surface area contributed by atoms with Crippen molar-refractivity contribution in [2.24, 2.45) is 11.1 Å². The Bertz CT molecular complexity index is 304. The van der Waals surface area contributed by atoms with Gasteiger partial charge in [0, 0.05) is 26.6 Å². The number of hydrogen-bond acceptors (Lipinski definition) is 3. The molecule has 4 heteroatoms. The molecule has 2 rings (SSSR count). The summed E-state index contributed by atoms with van der Waals surface area (Å²) in [7, 11) is 1.82. The predicted octanol–water partition coefficient (Wildman–Crippen LogP) is 1.94. The van der Waals surface area contributed by atoms with Gasteiger partial charge in [-0.05, 0) is 44.6 Å². The average Bonchev–Trinajstić information content (AvgIpc) is 2.96. The molecule has 0 aromatic heterocycles. The van der Waals surface area contributed by atoms with Gasteiger partial charge >= 0.3 is 0 Å². The molecule has 1 aliphatic heterocycles. The summed E-state index contributed by atoms with van der Waals surface area (Å²) in [6.07, 6.45) is 5.88. The normalized spacial score (nSPS) is 32.4. The number of nitrogens with two attached hydrogens (primary N) is 1. The Balaban J connectivity index is 1.89. The van der Waals surface area contributed by atoms with Gasteiger partial charge in [0.2, 0.25) is 0 Å². The van der Waals surface area contributed by atoms with Crippen LogP contribution in [-0.4, -0.2) is 42.2 Å². The Morgan fingerprint density at radius 2 is 2.12 bits per heavy atom. The van der Waals surface area contributed by atoms with Gasteiger partial charge in [-0.15, -0.1) is 0 Å². The number of nitrogens with zero attached hydrogens (tertiary/aromatic N) is 1. The number of thiocarbonyl (C=S) groups is 1. The molecule has 1 heterocycles. The summed E-state index contributed by atoms with van der Waals surface area (Å²) in [4.78, 5) is 3.21. The highest BCUT2D eigenvalue weighted by Gasteiger charge is 2.45. The number of methoxy groups -OCH3 is 1. The Labute approximate surface area is 110 Å². The molecule has 1 saturated heterocycles. The van der Waals surface area contributed by atoms with Crippen molar-refractivity contribution in [1.82, 2.24) is 4.90 Å². The summed E-state index contributed by atoms with van der Waals surface area (Å²) < 4.78 is 5.63. The van der Waals surface area contributed by atoms with Crippen LogP contribution in [0.3, 0.4) is 0 Å². The van der Waals surface area contributed by atoms with E-state index in [0.717, 1.165) is 19.5 Å². The van der Waals surface area contributed by atoms with E-state index in [-0.39, 0.29) is 5.60 Å². The van der Waals surface area contributed by atoms with E-state index in [1.807, 2.05) is 7.11 Å². The predicted molar refractivity (Wildman–Crippen MR) is 74.2 cm³/mol. The molecule has 0 spiro atoms. The summed E-state index contributed by atoms with van der Waals surface area (Å²) in [6, 6.07) is 0. The maximum absolute atomic E-state index is 5.69. The fraction of sp³-hybridized carbons (Fsp3) is 0.923. The second-order valence-electron chi connectivity index (χ2n) is 6.11. The van der Waals surface area contributed by atoms with E-state index in [2.05, 4.69) is 11.8 Å². The van der Waals surface area contributed by atoms with Gasteiger partial charge < -0.3 is 10.5 Å². The number of hydrogen-bond donors (Lipinski definition) is 1. The SMILES string of the molecule is COC1(C)CCCN(CC2(CC(N)=S)CC2)C1. The summed E-state index contributed by atoms with van der Waals surface area (Å²) >= 11 is 5.05. The van der Waals surface area contributed by atoms with Crippen molar-refractivity contribution in [2.75, 3.05) is 26.7 Å². The third kappa shape index (κ3) is 3.39. The van der Waals surface area contributed by atoms with Crippen molar-refractivity contribution in [3.8, 4) is 0 Å². The third-order valence-electron chi connectivity index (χ3n) is 4.30. The molecule has 2 aliphatic rings. The molecule has 0 bridgehead atoms. The van der Waals surface area contributed by atoms with Crippen molar-refractivity contribution < 1.29 is 4.74 Å². The lowest BCUT2D eigenvalue weighted by Gasteiger charge is -2.41. The molecule has 17 heavy (non-hydrogen) atoms. The minimum atomic E-state index is 0.0392. The molecule has 1 saturated carbocycles. The maximum atomic E-state index is 5.69. The van der Waals surface area contributed by atoms with Crippen LogP contribution < -0.4 is 5.73 Å². The highest BCUT2D eigenvalue weighted by atomic mass is 32.1. The number of ether oxygens (including phenoxy) is 1. The van der Waals surface area contributed by atoms with Crippen molar-refractivity contribution >= 4 is 17.2 Å². The minimum absolute atomic E-state index is 0.0392. The smallest absolute Gasteiger partial charge is 0.0777 e. The fourth-order valence-corrected chi connectivity index (χ4v) is 3.33. The van der Waals surface area contributed by atoms with Crippen LogP contribution >= 0.6 is 12.2 Å². The first-order valence-electron chi connectivity index (χ1n) is 6.53. The Kier molecular flexibility index (Phi) is 3.76. The molecular weight excluding hydrogens is 232 g/mol. The van der Waals surface area contributed by atoms with Crippen molar-refractivity contribution in [3.63, 3.8) is 0 Å². The van der Waals surface area contributed by atoms with Gasteiger partial charge in [0.25, 0.3) is 0 Å². The highest BCUT2D eigenvalue weighted by Crippen LogP contribution is 2.49. The van der Waals surface area contributed by atoms with Gasteiger partial charge in [0.15, 0.2) is 0 Å². The van der Waals surface area contributed by atoms with Gasteiger partial charge in [-0.1, -0.05) is 12.2 Å². The van der Waals surface area contributed by atoms with E-state index in [1.165, 1.54) is 32.2 Å². The molecular formula is C13H24N2OS. The van der Waals surface area contributed by atoms with Crippen LogP contribution in [0.15, 0.2) is 0 Å². The van der Waals surface area contributed by atoms with Gasteiger partial charge in [0.05, 0.1) is 10.6 Å². The molecule has 98 valence electrons. The number of piperidine rings is 1. The third-order valence-corrected chi connectivity index (χ3v) is 4.44. The van der Waals surface area contributed by atoms with E-state index in [1.54, 1.807) is 0 Å². The molecule has 3 nitrogen and oxygen atoms in total. The lowest BCUT2D eigenvalue weighted by Crippen LogP contribution is -2.49. The summed E-state index contributed by atoms with van der Waals surface area (Å²) in [5, 5.41) is 0. The average molecular weight is 256 g/mol. The standard InChI is InChI=1S/C13H24N2OS/c1-12(16-2)4-3-7-15(9-12)10-13(5-6-13)8-11(14)17/h3-10H2,1-2H3,(H2,14,17). The quantitative estimate of drug-likeness (QED) is 0.763. The van der Waals surface area contributed by atoms with Gasteiger partial charge in [-0.3, -0.25) is 4.90 Å². The van der Waals surface area contributed by atoms with Crippen LogP contribution in [0.5, 0.6) is 0 Å². The first kappa shape index (κ1) is 13.2. The largest absolute Gasteiger partial charge is 0.393 e. The maximum Gasteiger partial charge on any atom is 0.0777 e. The molecule has 2 N–H and O–H groups in total. The lowest BCUT2D eigenvalue weighted by molar-refractivity contribution is -0.0544. The molecule has 2 fully saturated rings. The van der Waals surface area contributed by atoms with E-state index in [9.17, 15) is 0 Å². The van der Waals surface area contributed by atoms with Crippen molar-refractivity contribution in [2.45, 2.75) is 44.6 Å². The van der Waals surface area contributed by atoms with E-state index < -0.39 is 0 Å². The Morgan fingerprint density at radius 1 is 1.41 bits per heavy atom. The van der Waals surface area contributed by atoms with E-state index in [4.69, 9.17) is 22.7 Å². The van der Waals surface area contributed by atoms with E-state index in [0.29, 0.717) is 10.4 Å². The van der Waals surface area contributed by atoms with Crippen LogP contribution in [-0.2, 0) is 4.74 Å². The topological polar surface area (TPSA) is 38.5 Å². The minimum Gasteiger partial charge on any atom is -0.393 e. The van der Waals surface area contributed by atoms with Crippen molar-refractivity contribution in [1.29, 1.82) is 0 Å². The molecule has 0 aromatic carbocycles. The second kappa shape index (κ2) is 4.82. The molecule has 1 atom stereocenters. The van der Waals surface area contributed by atoms with Crippen LogP contribution in [0, 0.1) is 5.41 Å². The van der Waals surface area contributed by atoms with Gasteiger partial charge in [-0.25, -0.2) is 0 Å². The number of likely N-dealkylation sites (tertiary alicyclic amines) is 1. The molecule has 0 amide bonds. The zero-order chi connectivity index (χ0) is 12.5. The van der Waals surface area contributed by atoms with Crippen LogP contribution in [0.2, 0.25) is 0 Å². The summed E-state index contributed by atoms with van der Waals surface area (Å²) in [5.74, 6) is 0. The van der Waals surface area contributed by atoms with Crippen LogP contribution in [0.25, 0.3) is 0 Å². The van der Waals surface area contributed by atoms with E-state index >= 15 is 0 Å². The monoisotopic (exact) mass is 256 g/mol. The lowest BCUT2D eigenvalue weighted by atomic mass is 9.92. The Morgan fingerprint density at radius 3 is 2.65 bits per heavy atom. The molecule has 0 aromatic rings. The highest BCUT2D eigenvalue weighted by molar-refractivity contribution is 7.80. The van der Waals surface area contributed by atoms with Crippen LogP contribution in [0.4, 0.5) is 0 Å². The second-order valence-corrected chi connectivity index (χ2v) is 6.64. The van der Waals surface area contributed by atoms with Crippen LogP contribution in [0.1, 0.15) is 39.0 Å². The van der Waals surface area contributed by atoms with Gasteiger partial charge in [0.1, 0.15) is 0 Å². The summed E-state index contributed by atoms with van der Waals surface area (Å²) in [5.41, 5.74) is 6.13. The number of rotatable bonds is 5. The van der Waals surface area contributed by atoms with Gasteiger partial charge in [-0.2, -0.15) is 0 Å². The first-order chi connectivity index (χ1) is 7.97. The zero-order valence-electron chi connectivity index (χ0n) is 11.0. The zero-order valence-corrected chi connectivity index (χ0v) is 11.8. The first-order valence-corrected chi connectivity index (χ1v) is 6.94. The molecule has 0 radical (unpaired) electrons.